The molecule has 0 bridgehead atoms. The van der Waals surface area contributed by atoms with E-state index in [0.29, 0.717) is 0 Å². The standard InChI is InChI=1S/C13H6F22O4/c1-3(14,15)5(4(2,16)17,6(18,19)36-8(22,23)10(26,27)38-12(30,31)32)7(20,21)37-9(24,25)11(28,29)39-13(33,34)35/h1-2H3. The zero-order valence-corrected chi connectivity index (χ0v) is 17.4. The van der Waals surface area contributed by atoms with Crippen molar-refractivity contribution in [3.8, 4) is 0 Å². The topological polar surface area (TPSA) is 36.9 Å². The first kappa shape index (κ1) is 37.3. The molecule has 0 atom stereocenters. The summed E-state index contributed by atoms with van der Waals surface area (Å²) in [5.74, 6) is -14.1. The molecule has 0 rings (SSSR count). The van der Waals surface area contributed by atoms with Crippen molar-refractivity contribution in [3.63, 3.8) is 0 Å². The van der Waals surface area contributed by atoms with E-state index in [9.17, 15) is 96.6 Å². The van der Waals surface area contributed by atoms with Crippen LogP contribution in [0.4, 0.5) is 96.6 Å². The molecule has 0 aromatic rings. The molecule has 0 aliphatic heterocycles. The molecule has 0 aromatic carbocycles. The van der Waals surface area contributed by atoms with Gasteiger partial charge in [0, 0.05) is 13.8 Å². The predicted molar refractivity (Wildman–Crippen MR) is 69.8 cm³/mol. The fourth-order valence-electron chi connectivity index (χ4n) is 2.58. The van der Waals surface area contributed by atoms with Gasteiger partial charge in [-0.2, -0.15) is 52.7 Å². The Labute approximate surface area is 197 Å². The van der Waals surface area contributed by atoms with Crippen LogP contribution in [-0.2, 0) is 18.9 Å². The minimum absolute atomic E-state index is 1.30. The largest absolute Gasteiger partial charge is 0.527 e. The fourth-order valence-corrected chi connectivity index (χ4v) is 2.58. The number of ether oxygens (including phenoxy) is 4. The Morgan fingerprint density at radius 3 is 0.615 bits per heavy atom. The van der Waals surface area contributed by atoms with Crippen molar-refractivity contribution in [2.75, 3.05) is 0 Å². The molecule has 0 saturated heterocycles. The monoisotopic (exact) mass is 644 g/mol. The summed E-state index contributed by atoms with van der Waals surface area (Å²) >= 11 is 0. The van der Waals surface area contributed by atoms with E-state index in [1.54, 1.807) is 0 Å². The van der Waals surface area contributed by atoms with Gasteiger partial charge in [0.1, 0.15) is 0 Å². The van der Waals surface area contributed by atoms with E-state index in [1.807, 2.05) is 0 Å². The zero-order valence-electron chi connectivity index (χ0n) is 17.4. The van der Waals surface area contributed by atoms with E-state index in [0.717, 1.165) is 0 Å². The third-order valence-corrected chi connectivity index (χ3v) is 3.87. The van der Waals surface area contributed by atoms with Crippen molar-refractivity contribution in [3.05, 3.63) is 0 Å². The normalized spacial score (nSPS) is 16.6. The number of hydrogen-bond donors (Lipinski definition) is 0. The molecule has 0 amide bonds. The van der Waals surface area contributed by atoms with E-state index in [4.69, 9.17) is 0 Å². The fraction of sp³-hybridized carbons (Fsp3) is 1.00. The quantitative estimate of drug-likeness (QED) is 0.202. The summed E-state index contributed by atoms with van der Waals surface area (Å²) in [5, 5.41) is 0. The van der Waals surface area contributed by atoms with E-state index in [-0.39, 0.29) is 0 Å². The first-order valence-electron chi connectivity index (χ1n) is 8.29. The maximum atomic E-state index is 14.3. The zero-order chi connectivity index (χ0) is 32.3. The Kier molecular flexibility index (Phi) is 9.27. The van der Waals surface area contributed by atoms with Crippen LogP contribution in [-0.4, -0.2) is 61.2 Å². The van der Waals surface area contributed by atoms with Crippen LogP contribution in [0.15, 0.2) is 0 Å². The van der Waals surface area contributed by atoms with Crippen LogP contribution in [0.1, 0.15) is 13.8 Å². The van der Waals surface area contributed by atoms with Crippen molar-refractivity contribution in [1.29, 1.82) is 0 Å². The van der Waals surface area contributed by atoms with E-state index >= 15 is 0 Å². The third kappa shape index (κ3) is 7.34. The molecule has 39 heavy (non-hydrogen) atoms. The first-order valence-corrected chi connectivity index (χ1v) is 8.29. The van der Waals surface area contributed by atoms with Crippen molar-refractivity contribution >= 4 is 0 Å². The minimum atomic E-state index is -8.29. The average molecular weight is 644 g/mol. The molecular formula is C13H6F22O4. The second kappa shape index (κ2) is 9.70. The lowest BCUT2D eigenvalue weighted by atomic mass is 9.73. The Balaban J connectivity index is 7.30. The summed E-state index contributed by atoms with van der Waals surface area (Å²) in [5.41, 5.74) is -8.00. The molecule has 0 aromatic heterocycles. The molecule has 0 N–H and O–H groups in total. The lowest BCUT2D eigenvalue weighted by Crippen LogP contribution is -2.74. The molecule has 0 fully saturated rings. The van der Waals surface area contributed by atoms with Crippen LogP contribution < -0.4 is 0 Å². The van der Waals surface area contributed by atoms with E-state index in [2.05, 4.69) is 0 Å². The molecule has 0 aliphatic rings. The molecule has 4 nitrogen and oxygen atoms in total. The second-order valence-corrected chi connectivity index (χ2v) is 6.93. The number of hydrogen-bond acceptors (Lipinski definition) is 4. The maximum absolute atomic E-state index is 14.3. The van der Waals surface area contributed by atoms with Gasteiger partial charge < -0.3 is 0 Å². The van der Waals surface area contributed by atoms with Crippen LogP contribution in [0, 0.1) is 5.41 Å². The van der Waals surface area contributed by atoms with Crippen LogP contribution >= 0.6 is 0 Å². The highest BCUT2D eigenvalue weighted by molar-refractivity contribution is 5.10. The number of halogens is 22. The highest BCUT2D eigenvalue weighted by atomic mass is 19.4. The van der Waals surface area contributed by atoms with Crippen LogP contribution in [0.5, 0.6) is 0 Å². The molecule has 236 valence electrons. The lowest BCUT2D eigenvalue weighted by molar-refractivity contribution is -0.589. The summed E-state index contributed by atoms with van der Waals surface area (Å²) < 4.78 is 295. The molecule has 0 heterocycles. The molecule has 0 spiro atoms. The van der Waals surface area contributed by atoms with Crippen LogP contribution in [0.3, 0.4) is 0 Å². The second-order valence-electron chi connectivity index (χ2n) is 6.93. The predicted octanol–water partition coefficient (Wildman–Crippen LogP) is 7.95. The van der Waals surface area contributed by atoms with Crippen molar-refractivity contribution in [2.24, 2.45) is 5.41 Å². The van der Waals surface area contributed by atoms with Crippen molar-refractivity contribution in [2.45, 2.75) is 75.1 Å². The van der Waals surface area contributed by atoms with Gasteiger partial charge >= 0.3 is 49.4 Å². The summed E-state index contributed by atoms with van der Waals surface area (Å²) in [6.45, 7) is -3.33. The maximum Gasteiger partial charge on any atom is 0.527 e. The highest BCUT2D eigenvalue weighted by Crippen LogP contribution is 2.67. The Morgan fingerprint density at radius 2 is 0.462 bits per heavy atom. The molecule has 26 heteroatoms. The van der Waals surface area contributed by atoms with Gasteiger partial charge in [-0.05, 0) is 0 Å². The third-order valence-electron chi connectivity index (χ3n) is 3.87. The van der Waals surface area contributed by atoms with Gasteiger partial charge in [-0.1, -0.05) is 0 Å². The smallest absolute Gasteiger partial charge is 0.247 e. The average Bonchev–Trinajstić information content (AvgIpc) is 2.42. The van der Waals surface area contributed by atoms with Crippen LogP contribution in [0.2, 0.25) is 0 Å². The first-order chi connectivity index (χ1) is 16.3. The van der Waals surface area contributed by atoms with Gasteiger partial charge in [0.25, 0.3) is 17.3 Å². The van der Waals surface area contributed by atoms with Gasteiger partial charge in [-0.3, -0.25) is 0 Å². The Hall–Kier alpha value is -1.70. The van der Waals surface area contributed by atoms with Crippen LogP contribution in [0.25, 0.3) is 0 Å². The Morgan fingerprint density at radius 1 is 0.282 bits per heavy atom. The van der Waals surface area contributed by atoms with E-state index < -0.39 is 80.5 Å². The van der Waals surface area contributed by atoms with Gasteiger partial charge in [0.05, 0.1) is 0 Å². The summed E-state index contributed by atoms with van der Waals surface area (Å²) in [6.07, 6.45) is -61.6. The number of rotatable bonds is 12. The summed E-state index contributed by atoms with van der Waals surface area (Å²) in [6, 6.07) is 0. The molecule has 0 aliphatic carbocycles. The van der Waals surface area contributed by atoms with Gasteiger partial charge in [0.15, 0.2) is 0 Å². The SMILES string of the molecule is CC(F)(F)C(C(C)(F)F)(C(F)(F)OC(F)(F)C(F)(F)OC(F)(F)F)C(F)(F)OC(F)(F)C(F)(F)OC(F)(F)F. The molecule has 0 radical (unpaired) electrons. The van der Waals surface area contributed by atoms with Gasteiger partial charge in [-0.15, -0.1) is 26.3 Å². The number of alkyl halides is 22. The molecule has 0 unspecified atom stereocenters. The van der Waals surface area contributed by atoms with E-state index in [1.165, 1.54) is 18.9 Å². The molecule has 0 saturated carbocycles. The summed E-state index contributed by atoms with van der Waals surface area (Å²) in [4.78, 5) is 0. The lowest BCUT2D eigenvalue weighted by Gasteiger charge is -2.50. The summed E-state index contributed by atoms with van der Waals surface area (Å²) in [7, 11) is 0. The van der Waals surface area contributed by atoms with Crippen molar-refractivity contribution in [1.82, 2.24) is 0 Å². The molecular weight excluding hydrogens is 638 g/mol. The Bertz CT molecular complexity index is 776. The van der Waals surface area contributed by atoms with Gasteiger partial charge in [-0.25, -0.2) is 36.5 Å². The van der Waals surface area contributed by atoms with Gasteiger partial charge in [0.2, 0.25) is 0 Å². The highest BCUT2D eigenvalue weighted by Gasteiger charge is 2.92. The minimum Gasteiger partial charge on any atom is -0.247 e. The van der Waals surface area contributed by atoms with Crippen molar-refractivity contribution < 1.29 is 116 Å².